The van der Waals surface area contributed by atoms with Crippen molar-refractivity contribution in [2.45, 2.75) is 26.3 Å². The number of carbonyl (C=O) groups excluding carboxylic acids is 2. The summed E-state index contributed by atoms with van der Waals surface area (Å²) in [5, 5.41) is 2.05. The van der Waals surface area contributed by atoms with Gasteiger partial charge in [0.2, 0.25) is 0 Å². The third-order valence-electron chi connectivity index (χ3n) is 5.36. The molecule has 0 aromatic heterocycles. The Morgan fingerprint density at radius 2 is 1.70 bits per heavy atom. The Kier molecular flexibility index (Phi) is 6.72. The fraction of sp³-hybridized carbons (Fsp3) is 0.280. The normalized spacial score (nSPS) is 11.7. The van der Waals surface area contributed by atoms with Gasteiger partial charge in [-0.2, -0.15) is 0 Å². The van der Waals surface area contributed by atoms with Gasteiger partial charge in [0.05, 0.1) is 13.0 Å². The first-order valence-electron chi connectivity index (χ1n) is 9.92. The van der Waals surface area contributed by atoms with Crippen molar-refractivity contribution in [2.75, 3.05) is 20.8 Å². The lowest BCUT2D eigenvalue weighted by atomic mass is 9.98. The van der Waals surface area contributed by atoms with Crippen LogP contribution < -0.4 is 4.74 Å². The zero-order chi connectivity index (χ0) is 21.7. The highest BCUT2D eigenvalue weighted by Gasteiger charge is 2.20. The lowest BCUT2D eigenvalue weighted by Crippen LogP contribution is -2.31. The van der Waals surface area contributed by atoms with Crippen LogP contribution >= 0.6 is 0 Å². The van der Waals surface area contributed by atoms with E-state index in [-0.39, 0.29) is 12.5 Å². The molecule has 3 aromatic carbocycles. The van der Waals surface area contributed by atoms with Crippen molar-refractivity contribution in [3.05, 3.63) is 77.4 Å². The number of carbonyl (C=O) groups is 2. The van der Waals surface area contributed by atoms with Crippen LogP contribution in [0.1, 0.15) is 29.5 Å². The molecule has 156 valence electrons. The van der Waals surface area contributed by atoms with Crippen LogP contribution in [0.5, 0.6) is 5.75 Å². The summed E-state index contributed by atoms with van der Waals surface area (Å²) >= 11 is 0. The van der Waals surface area contributed by atoms with E-state index in [1.165, 1.54) is 0 Å². The molecule has 0 spiro atoms. The second-order valence-electron chi connectivity index (χ2n) is 7.48. The Balaban J connectivity index is 1.59. The highest BCUT2D eigenvalue weighted by atomic mass is 16.5. The molecule has 0 bridgehead atoms. The molecule has 5 heteroatoms. The molecule has 0 fully saturated rings. The second kappa shape index (κ2) is 9.44. The number of esters is 1. The maximum atomic E-state index is 12.5. The number of hydrogen-bond acceptors (Lipinski definition) is 4. The summed E-state index contributed by atoms with van der Waals surface area (Å²) < 4.78 is 10.6. The van der Waals surface area contributed by atoms with Gasteiger partial charge in [-0.05, 0) is 53.4 Å². The molecule has 0 aliphatic carbocycles. The van der Waals surface area contributed by atoms with Gasteiger partial charge in [0.15, 0.2) is 6.61 Å². The minimum Gasteiger partial charge on any atom is -0.497 e. The van der Waals surface area contributed by atoms with E-state index in [2.05, 4.69) is 0 Å². The average Bonchev–Trinajstić information content (AvgIpc) is 2.77. The molecule has 0 N–H and O–H groups in total. The van der Waals surface area contributed by atoms with Crippen molar-refractivity contribution in [3.63, 3.8) is 0 Å². The molecular formula is C25H27NO4. The second-order valence-corrected chi connectivity index (χ2v) is 7.48. The summed E-state index contributed by atoms with van der Waals surface area (Å²) in [5.74, 6) is -0.327. The predicted octanol–water partition coefficient (Wildman–Crippen LogP) is 4.46. The molecular weight excluding hydrogens is 378 g/mol. The van der Waals surface area contributed by atoms with Crippen molar-refractivity contribution in [1.29, 1.82) is 0 Å². The third kappa shape index (κ3) is 4.98. The maximum Gasteiger partial charge on any atom is 0.313 e. The van der Waals surface area contributed by atoms with Crippen molar-refractivity contribution < 1.29 is 19.1 Å². The fourth-order valence-electron chi connectivity index (χ4n) is 3.27. The largest absolute Gasteiger partial charge is 0.497 e. The summed E-state index contributed by atoms with van der Waals surface area (Å²) in [4.78, 5) is 26.5. The van der Waals surface area contributed by atoms with Gasteiger partial charge in [0.25, 0.3) is 5.91 Å². The first-order chi connectivity index (χ1) is 14.4. The molecule has 0 aliphatic rings. The molecule has 1 amide bonds. The molecule has 3 rings (SSSR count). The number of methoxy groups -OCH3 is 1. The summed E-state index contributed by atoms with van der Waals surface area (Å²) in [6.07, 6.45) is 0. The van der Waals surface area contributed by atoms with E-state index in [4.69, 9.17) is 9.47 Å². The molecule has 0 saturated heterocycles. The van der Waals surface area contributed by atoms with Crippen LogP contribution in [-0.4, -0.2) is 37.5 Å². The van der Waals surface area contributed by atoms with E-state index >= 15 is 0 Å². The summed E-state index contributed by atoms with van der Waals surface area (Å²) in [6, 6.07) is 19.5. The van der Waals surface area contributed by atoms with E-state index in [0.717, 1.165) is 33.2 Å². The van der Waals surface area contributed by atoms with Gasteiger partial charge >= 0.3 is 5.97 Å². The Bertz CT molecular complexity index is 1060. The van der Waals surface area contributed by atoms with E-state index in [0.29, 0.717) is 6.54 Å². The topological polar surface area (TPSA) is 55.8 Å². The highest BCUT2D eigenvalue weighted by Crippen LogP contribution is 2.25. The summed E-state index contributed by atoms with van der Waals surface area (Å²) in [5.41, 5.74) is 3.04. The molecule has 0 aliphatic heterocycles. The standard InChI is InChI=1S/C25H27NO4/c1-17-7-5-6-8-22(17)15-26(3)24(27)16-30-25(28)18(2)19-9-10-21-14-23(29-4)12-11-20(21)13-19/h5-14,18H,15-16H2,1-4H3/t18-/m0/s1. The van der Waals surface area contributed by atoms with E-state index in [9.17, 15) is 9.59 Å². The number of rotatable bonds is 7. The molecule has 5 nitrogen and oxygen atoms in total. The first kappa shape index (κ1) is 21.4. The Labute approximate surface area is 177 Å². The minimum absolute atomic E-state index is 0.232. The van der Waals surface area contributed by atoms with Gasteiger partial charge in [-0.1, -0.05) is 48.5 Å². The van der Waals surface area contributed by atoms with Crippen LogP contribution in [-0.2, 0) is 20.9 Å². The van der Waals surface area contributed by atoms with Crippen LogP contribution in [0.3, 0.4) is 0 Å². The smallest absolute Gasteiger partial charge is 0.313 e. The number of nitrogens with zero attached hydrogens (tertiary/aromatic N) is 1. The molecule has 30 heavy (non-hydrogen) atoms. The number of likely N-dealkylation sites (N-methyl/N-ethyl adjacent to an activating group) is 1. The zero-order valence-corrected chi connectivity index (χ0v) is 17.8. The van der Waals surface area contributed by atoms with Crippen molar-refractivity contribution in [3.8, 4) is 5.75 Å². The monoisotopic (exact) mass is 405 g/mol. The SMILES string of the molecule is COc1ccc2cc([C@H](C)C(=O)OCC(=O)N(C)Cc3ccccc3C)ccc2c1. The Morgan fingerprint density at radius 3 is 2.43 bits per heavy atom. The van der Waals surface area contributed by atoms with Gasteiger partial charge in [-0.25, -0.2) is 0 Å². The number of fused-ring (bicyclic) bond motifs is 1. The predicted molar refractivity (Wildman–Crippen MR) is 118 cm³/mol. The van der Waals surface area contributed by atoms with E-state index < -0.39 is 11.9 Å². The van der Waals surface area contributed by atoms with Gasteiger partial charge < -0.3 is 14.4 Å². The number of benzene rings is 3. The molecule has 0 unspecified atom stereocenters. The molecule has 0 radical (unpaired) electrons. The number of amides is 1. The van der Waals surface area contributed by atoms with Crippen LogP contribution in [0.15, 0.2) is 60.7 Å². The van der Waals surface area contributed by atoms with Gasteiger partial charge in [-0.3, -0.25) is 9.59 Å². The van der Waals surface area contributed by atoms with Crippen molar-refractivity contribution in [2.24, 2.45) is 0 Å². The van der Waals surface area contributed by atoms with Crippen LogP contribution in [0.4, 0.5) is 0 Å². The highest BCUT2D eigenvalue weighted by molar-refractivity contribution is 5.87. The quantitative estimate of drug-likeness (QED) is 0.545. The van der Waals surface area contributed by atoms with Crippen LogP contribution in [0.2, 0.25) is 0 Å². The zero-order valence-electron chi connectivity index (χ0n) is 17.8. The van der Waals surface area contributed by atoms with Gasteiger partial charge in [0, 0.05) is 13.6 Å². The molecule has 0 saturated carbocycles. The lowest BCUT2D eigenvalue weighted by molar-refractivity contribution is -0.152. The summed E-state index contributed by atoms with van der Waals surface area (Å²) in [6.45, 7) is 4.01. The first-order valence-corrected chi connectivity index (χ1v) is 9.92. The molecule has 0 heterocycles. The Hall–Kier alpha value is -3.34. The van der Waals surface area contributed by atoms with Crippen LogP contribution in [0, 0.1) is 6.92 Å². The van der Waals surface area contributed by atoms with Crippen molar-refractivity contribution >= 4 is 22.6 Å². The molecule has 3 aromatic rings. The lowest BCUT2D eigenvalue weighted by Gasteiger charge is -2.19. The van der Waals surface area contributed by atoms with Crippen molar-refractivity contribution in [1.82, 2.24) is 4.90 Å². The van der Waals surface area contributed by atoms with Crippen LogP contribution in [0.25, 0.3) is 10.8 Å². The Morgan fingerprint density at radius 1 is 1.00 bits per heavy atom. The van der Waals surface area contributed by atoms with Gasteiger partial charge in [0.1, 0.15) is 5.75 Å². The van der Waals surface area contributed by atoms with Gasteiger partial charge in [-0.15, -0.1) is 0 Å². The average molecular weight is 405 g/mol. The van der Waals surface area contributed by atoms with E-state index in [1.807, 2.05) is 67.6 Å². The number of ether oxygens (including phenoxy) is 2. The third-order valence-corrected chi connectivity index (χ3v) is 5.36. The number of hydrogen-bond donors (Lipinski definition) is 0. The fourth-order valence-corrected chi connectivity index (χ4v) is 3.27. The minimum atomic E-state index is -0.467. The molecule has 1 atom stereocenters. The maximum absolute atomic E-state index is 12.5. The van der Waals surface area contributed by atoms with E-state index in [1.54, 1.807) is 26.0 Å². The summed E-state index contributed by atoms with van der Waals surface area (Å²) in [7, 11) is 3.34. The number of aryl methyl sites for hydroxylation is 1.